The molecule has 1 amide bonds. The molecule has 0 aromatic heterocycles. The Labute approximate surface area is 205 Å². The molecule has 0 radical (unpaired) electrons. The summed E-state index contributed by atoms with van der Waals surface area (Å²) in [5.74, 6) is -0.119. The number of para-hydroxylation sites is 1. The summed E-state index contributed by atoms with van der Waals surface area (Å²) in [7, 11) is 1.29. The summed E-state index contributed by atoms with van der Waals surface area (Å²) >= 11 is 6.65. The highest BCUT2D eigenvalue weighted by molar-refractivity contribution is 6.33. The fourth-order valence-corrected chi connectivity index (χ4v) is 4.80. The zero-order chi connectivity index (χ0) is 24.5. The average molecular weight is 487 g/mol. The molecule has 1 fully saturated rings. The third-order valence-electron chi connectivity index (χ3n) is 6.68. The van der Waals surface area contributed by atoms with Gasteiger partial charge in [0.25, 0.3) is 5.91 Å². The van der Waals surface area contributed by atoms with Gasteiger partial charge in [-0.3, -0.25) is 4.79 Å². The fourth-order valence-electron chi connectivity index (χ4n) is 4.45. The number of benzene rings is 2. The Bertz CT molecular complexity index is 1080. The van der Waals surface area contributed by atoms with E-state index in [0.717, 1.165) is 25.9 Å². The lowest BCUT2D eigenvalue weighted by Gasteiger charge is -2.27. The molecule has 8 heteroatoms. The second-order valence-corrected chi connectivity index (χ2v) is 9.20. The molecule has 2 aliphatic rings. The molecule has 1 atom stereocenters. The van der Waals surface area contributed by atoms with E-state index in [1.165, 1.54) is 18.1 Å². The number of rotatable bonds is 10. The van der Waals surface area contributed by atoms with E-state index >= 15 is 0 Å². The highest BCUT2D eigenvalue weighted by Gasteiger charge is 2.54. The van der Waals surface area contributed by atoms with Crippen molar-refractivity contribution in [3.05, 3.63) is 58.1 Å². The van der Waals surface area contributed by atoms with Crippen molar-refractivity contribution in [3.8, 4) is 5.75 Å². The van der Waals surface area contributed by atoms with Crippen LogP contribution in [0.1, 0.15) is 48.2 Å². The van der Waals surface area contributed by atoms with Gasteiger partial charge in [-0.25, -0.2) is 4.79 Å². The van der Waals surface area contributed by atoms with E-state index in [1.54, 1.807) is 24.3 Å². The molecule has 0 spiro atoms. The highest BCUT2D eigenvalue weighted by atomic mass is 35.5. The first-order valence-electron chi connectivity index (χ1n) is 11.8. The lowest BCUT2D eigenvalue weighted by Crippen LogP contribution is -2.44. The highest BCUT2D eigenvalue weighted by Crippen LogP contribution is 2.50. The first-order valence-corrected chi connectivity index (χ1v) is 12.1. The second-order valence-electron chi connectivity index (χ2n) is 8.79. The molecule has 0 saturated heterocycles. The molecule has 1 saturated carbocycles. The number of hydrogen-bond donors (Lipinski definition) is 1. The monoisotopic (exact) mass is 486 g/mol. The maximum Gasteiger partial charge on any atom is 0.337 e. The summed E-state index contributed by atoms with van der Waals surface area (Å²) in [5.41, 5.74) is -0.808. The number of fused-ring (bicyclic) bond motifs is 1. The summed E-state index contributed by atoms with van der Waals surface area (Å²) < 4.78 is 10.9. The lowest BCUT2D eigenvalue weighted by molar-refractivity contribution is -0.132. The van der Waals surface area contributed by atoms with Gasteiger partial charge in [0.15, 0.2) is 0 Å². The van der Waals surface area contributed by atoms with E-state index in [0.29, 0.717) is 42.6 Å². The second kappa shape index (κ2) is 9.94. The molecule has 7 nitrogen and oxygen atoms in total. The molecule has 2 aromatic rings. The third kappa shape index (κ3) is 4.40. The summed E-state index contributed by atoms with van der Waals surface area (Å²) in [5, 5.41) is 12.2. The first-order chi connectivity index (χ1) is 16.3. The minimum absolute atomic E-state index is 0.121. The molecule has 1 aliphatic heterocycles. The lowest BCUT2D eigenvalue weighted by atomic mass is 9.86. The predicted molar refractivity (Wildman–Crippen MR) is 131 cm³/mol. The van der Waals surface area contributed by atoms with Crippen molar-refractivity contribution in [1.29, 1.82) is 0 Å². The van der Waals surface area contributed by atoms with Crippen molar-refractivity contribution < 1.29 is 24.2 Å². The van der Waals surface area contributed by atoms with Crippen molar-refractivity contribution >= 4 is 29.2 Å². The van der Waals surface area contributed by atoms with Crippen LogP contribution in [0.5, 0.6) is 5.75 Å². The number of carbonyl (C=O) groups excluding carboxylic acids is 2. The Balaban J connectivity index is 1.82. The van der Waals surface area contributed by atoms with Crippen LogP contribution in [-0.4, -0.2) is 61.8 Å². The smallest absolute Gasteiger partial charge is 0.337 e. The minimum Gasteiger partial charge on any atom is -0.493 e. The van der Waals surface area contributed by atoms with Gasteiger partial charge in [-0.1, -0.05) is 43.6 Å². The van der Waals surface area contributed by atoms with E-state index in [4.69, 9.17) is 21.1 Å². The van der Waals surface area contributed by atoms with E-state index in [2.05, 4.69) is 18.7 Å². The van der Waals surface area contributed by atoms with Gasteiger partial charge in [0.05, 0.1) is 30.0 Å². The third-order valence-corrected chi connectivity index (χ3v) is 6.98. The molecule has 182 valence electrons. The Hall–Kier alpha value is -2.61. The van der Waals surface area contributed by atoms with E-state index in [1.807, 2.05) is 6.07 Å². The first kappa shape index (κ1) is 24.5. The van der Waals surface area contributed by atoms with Gasteiger partial charge in [0.2, 0.25) is 5.60 Å². The molecule has 4 rings (SSSR count). The molecule has 1 N–H and O–H groups in total. The van der Waals surface area contributed by atoms with Crippen LogP contribution < -0.4 is 9.64 Å². The van der Waals surface area contributed by atoms with Crippen LogP contribution in [0.3, 0.4) is 0 Å². The largest absolute Gasteiger partial charge is 0.493 e. The number of amides is 1. The fraction of sp³-hybridized carbons (Fsp3) is 0.462. The molecule has 1 heterocycles. The van der Waals surface area contributed by atoms with Gasteiger partial charge in [0.1, 0.15) is 5.75 Å². The Morgan fingerprint density at radius 3 is 2.59 bits per heavy atom. The normalized spacial score (nSPS) is 19.5. The van der Waals surface area contributed by atoms with Crippen molar-refractivity contribution in [2.24, 2.45) is 5.92 Å². The van der Waals surface area contributed by atoms with Gasteiger partial charge < -0.3 is 24.4 Å². The van der Waals surface area contributed by atoms with Crippen molar-refractivity contribution in [3.63, 3.8) is 0 Å². The number of aliphatic hydroxyl groups is 1. The van der Waals surface area contributed by atoms with Crippen molar-refractivity contribution in [2.45, 2.75) is 32.3 Å². The van der Waals surface area contributed by atoms with Gasteiger partial charge >= 0.3 is 5.97 Å². The zero-order valence-corrected chi connectivity index (χ0v) is 20.6. The Kier molecular flexibility index (Phi) is 7.17. The number of esters is 1. The van der Waals surface area contributed by atoms with Crippen LogP contribution in [0.25, 0.3) is 0 Å². The maximum atomic E-state index is 13.9. The summed E-state index contributed by atoms with van der Waals surface area (Å²) in [4.78, 5) is 29.9. The number of halogens is 1. The number of methoxy groups -OCH3 is 1. The van der Waals surface area contributed by atoms with Gasteiger partial charge in [-0.05, 0) is 50.0 Å². The van der Waals surface area contributed by atoms with Gasteiger partial charge in [-0.2, -0.15) is 0 Å². The molecular weight excluding hydrogens is 456 g/mol. The van der Waals surface area contributed by atoms with Crippen LogP contribution >= 0.6 is 11.6 Å². The van der Waals surface area contributed by atoms with Crippen LogP contribution in [-0.2, 0) is 15.1 Å². The van der Waals surface area contributed by atoms with Crippen molar-refractivity contribution in [2.75, 3.05) is 44.8 Å². The molecule has 0 bridgehead atoms. The zero-order valence-electron chi connectivity index (χ0n) is 19.8. The topological polar surface area (TPSA) is 79.3 Å². The molecule has 1 aliphatic carbocycles. The number of ether oxygens (including phenoxy) is 2. The van der Waals surface area contributed by atoms with Gasteiger partial charge in [-0.15, -0.1) is 0 Å². The minimum atomic E-state index is -2.04. The van der Waals surface area contributed by atoms with E-state index in [-0.39, 0.29) is 16.1 Å². The van der Waals surface area contributed by atoms with Crippen molar-refractivity contribution in [1.82, 2.24) is 4.90 Å². The van der Waals surface area contributed by atoms with E-state index in [9.17, 15) is 14.7 Å². The number of carbonyl (C=O) groups is 2. The summed E-state index contributed by atoms with van der Waals surface area (Å²) in [6.07, 6.45) is 2.24. The molecule has 1 unspecified atom stereocenters. The average Bonchev–Trinajstić information content (AvgIpc) is 3.65. The van der Waals surface area contributed by atoms with Crippen LogP contribution in [0, 0.1) is 5.92 Å². The summed E-state index contributed by atoms with van der Waals surface area (Å²) in [6, 6.07) is 10.0. The summed E-state index contributed by atoms with van der Waals surface area (Å²) in [6.45, 7) is 7.25. The quantitative estimate of drug-likeness (QED) is 0.514. The molecule has 2 aromatic carbocycles. The number of hydrogen-bond acceptors (Lipinski definition) is 6. The van der Waals surface area contributed by atoms with Gasteiger partial charge in [0, 0.05) is 24.2 Å². The van der Waals surface area contributed by atoms with E-state index < -0.39 is 17.5 Å². The molecular formula is C26H31ClN2O5. The Morgan fingerprint density at radius 1 is 1.24 bits per heavy atom. The molecule has 34 heavy (non-hydrogen) atoms. The number of nitrogens with zero attached hydrogens (tertiary/aromatic N) is 2. The predicted octanol–water partition coefficient (Wildman–Crippen LogP) is 3.84. The van der Waals surface area contributed by atoms with Crippen LogP contribution in [0.15, 0.2) is 36.4 Å². The van der Waals surface area contributed by atoms with Crippen LogP contribution in [0.2, 0.25) is 5.02 Å². The maximum absolute atomic E-state index is 13.9. The number of likely N-dealkylation sites (N-methyl/N-ethyl adjacent to an activating group) is 1. The number of anilines is 1. The van der Waals surface area contributed by atoms with Crippen LogP contribution in [0.4, 0.5) is 5.69 Å². The standard InChI is InChI=1S/C26H31ClN2O5/c1-4-28(5-2)12-13-29-21-15-18(24(30)33-3)14-20(27)23(21)26(32,25(29)31)19-8-6-7-9-22(19)34-16-17-10-11-17/h6-9,14-15,17,32H,4-5,10-13,16H2,1-3H3. The Morgan fingerprint density at radius 2 is 1.94 bits per heavy atom. The SMILES string of the molecule is CCN(CC)CCN1C(=O)C(O)(c2ccccc2OCC2CC2)c2c(Cl)cc(C(=O)OC)cc21.